The first-order valence-electron chi connectivity index (χ1n) is 3.85. The van der Waals surface area contributed by atoms with Gasteiger partial charge in [-0.05, 0) is 10.4 Å². The highest BCUT2D eigenvalue weighted by Crippen LogP contribution is 1.98. The van der Waals surface area contributed by atoms with Crippen LogP contribution in [-0.2, 0) is 16.6 Å². The Kier molecular flexibility index (Phi) is 3.01. The maximum Gasteiger partial charge on any atom is 0.240 e. The van der Waals surface area contributed by atoms with Gasteiger partial charge in [0.2, 0.25) is 16.0 Å². The molecule has 1 aromatic rings. The first-order chi connectivity index (χ1) is 6.43. The van der Waals surface area contributed by atoms with E-state index < -0.39 is 10.0 Å². The van der Waals surface area contributed by atoms with E-state index in [0.717, 1.165) is 4.31 Å². The molecule has 0 unspecified atom stereocenters. The number of anilines is 1. The summed E-state index contributed by atoms with van der Waals surface area (Å²) in [6, 6.07) is 0. The van der Waals surface area contributed by atoms with Gasteiger partial charge < -0.3 is 5.73 Å². The van der Waals surface area contributed by atoms with E-state index in [9.17, 15) is 8.42 Å². The van der Waals surface area contributed by atoms with Crippen LogP contribution in [-0.4, -0.2) is 52.8 Å². The highest BCUT2D eigenvalue weighted by Gasteiger charge is 2.14. The molecule has 0 saturated carbocycles. The minimum Gasteiger partial charge on any atom is -0.367 e. The van der Waals surface area contributed by atoms with Crippen molar-refractivity contribution in [3.63, 3.8) is 0 Å². The van der Waals surface area contributed by atoms with Gasteiger partial charge in [0.15, 0.2) is 0 Å². The van der Waals surface area contributed by atoms with E-state index >= 15 is 0 Å². The first kappa shape index (κ1) is 10.9. The Bertz CT molecular complexity index is 396. The van der Waals surface area contributed by atoms with Gasteiger partial charge in [-0.2, -0.15) is 0 Å². The lowest BCUT2D eigenvalue weighted by atomic mass is 10.7. The lowest BCUT2D eigenvalue weighted by molar-refractivity contribution is 0.510. The fourth-order valence-corrected chi connectivity index (χ4v) is 1.52. The SMILES string of the molecule is CN(C)S(=O)(=O)CCn1nnnc1N. The van der Waals surface area contributed by atoms with E-state index in [1.54, 1.807) is 0 Å². The number of sulfonamides is 1. The van der Waals surface area contributed by atoms with Crippen LogP contribution in [0.5, 0.6) is 0 Å². The molecule has 8 nitrogen and oxygen atoms in total. The Balaban J connectivity index is 2.62. The maximum atomic E-state index is 11.3. The van der Waals surface area contributed by atoms with Crippen molar-refractivity contribution in [1.82, 2.24) is 24.5 Å². The fourth-order valence-electron chi connectivity index (χ4n) is 0.755. The quantitative estimate of drug-likeness (QED) is 0.638. The summed E-state index contributed by atoms with van der Waals surface area (Å²) in [5.41, 5.74) is 5.36. The van der Waals surface area contributed by atoms with Gasteiger partial charge >= 0.3 is 0 Å². The molecule has 0 amide bonds. The van der Waals surface area contributed by atoms with Gasteiger partial charge in [0.05, 0.1) is 12.3 Å². The molecule has 0 aliphatic carbocycles. The molecule has 1 heterocycles. The predicted molar refractivity (Wildman–Crippen MR) is 49.7 cm³/mol. The average Bonchev–Trinajstić information content (AvgIpc) is 2.47. The molecular formula is C5H12N6O2S. The van der Waals surface area contributed by atoms with Crippen LogP contribution in [0.3, 0.4) is 0 Å². The van der Waals surface area contributed by atoms with Gasteiger partial charge in [-0.15, -0.1) is 0 Å². The summed E-state index contributed by atoms with van der Waals surface area (Å²) in [7, 11) is -0.289. The Morgan fingerprint density at radius 1 is 1.50 bits per heavy atom. The second-order valence-electron chi connectivity index (χ2n) is 2.86. The molecule has 0 aliphatic rings. The normalized spacial score (nSPS) is 12.2. The van der Waals surface area contributed by atoms with Gasteiger partial charge in [-0.1, -0.05) is 5.10 Å². The van der Waals surface area contributed by atoms with Gasteiger partial charge in [0.1, 0.15) is 0 Å². The number of nitrogens with two attached hydrogens (primary N) is 1. The van der Waals surface area contributed by atoms with Crippen molar-refractivity contribution in [2.75, 3.05) is 25.6 Å². The van der Waals surface area contributed by atoms with Crippen molar-refractivity contribution in [3.05, 3.63) is 0 Å². The molecule has 0 bridgehead atoms. The third kappa shape index (κ3) is 2.39. The molecule has 0 aliphatic heterocycles. The Morgan fingerprint density at radius 2 is 2.14 bits per heavy atom. The molecule has 1 aromatic heterocycles. The van der Waals surface area contributed by atoms with Crippen LogP contribution in [0.25, 0.3) is 0 Å². The zero-order valence-corrected chi connectivity index (χ0v) is 8.77. The largest absolute Gasteiger partial charge is 0.367 e. The number of tetrazole rings is 1. The van der Waals surface area contributed by atoms with Crippen LogP contribution in [0.2, 0.25) is 0 Å². The van der Waals surface area contributed by atoms with E-state index in [1.807, 2.05) is 0 Å². The third-order valence-electron chi connectivity index (χ3n) is 1.68. The first-order valence-corrected chi connectivity index (χ1v) is 5.46. The number of aromatic nitrogens is 4. The molecule has 0 spiro atoms. The van der Waals surface area contributed by atoms with E-state index in [1.165, 1.54) is 18.8 Å². The molecule has 0 fully saturated rings. The third-order valence-corrected chi connectivity index (χ3v) is 3.49. The summed E-state index contributed by atoms with van der Waals surface area (Å²) in [5, 5.41) is 10.3. The predicted octanol–water partition coefficient (Wildman–Crippen LogP) is -1.85. The molecule has 9 heteroatoms. The van der Waals surface area contributed by atoms with Gasteiger partial charge in [0.25, 0.3) is 0 Å². The van der Waals surface area contributed by atoms with Crippen LogP contribution in [0.15, 0.2) is 0 Å². The summed E-state index contributed by atoms with van der Waals surface area (Å²) in [6.07, 6.45) is 0. The molecule has 80 valence electrons. The minimum absolute atomic E-state index is 0.0742. The van der Waals surface area contributed by atoms with Crippen molar-refractivity contribution in [1.29, 1.82) is 0 Å². The monoisotopic (exact) mass is 220 g/mol. The Hall–Kier alpha value is -1.22. The number of rotatable bonds is 4. The molecule has 0 saturated heterocycles. The molecule has 1 rings (SSSR count). The zero-order valence-electron chi connectivity index (χ0n) is 7.95. The second-order valence-corrected chi connectivity index (χ2v) is 5.16. The maximum absolute atomic E-state index is 11.3. The van der Waals surface area contributed by atoms with Crippen LogP contribution >= 0.6 is 0 Å². The summed E-state index contributed by atoms with van der Waals surface area (Å²) >= 11 is 0. The molecule has 2 N–H and O–H groups in total. The van der Waals surface area contributed by atoms with E-state index in [0.29, 0.717) is 0 Å². The van der Waals surface area contributed by atoms with Crippen LogP contribution in [0.4, 0.5) is 5.95 Å². The van der Waals surface area contributed by atoms with Crippen molar-refractivity contribution >= 4 is 16.0 Å². The van der Waals surface area contributed by atoms with Crippen molar-refractivity contribution in [2.24, 2.45) is 0 Å². The highest BCUT2D eigenvalue weighted by atomic mass is 32.2. The van der Waals surface area contributed by atoms with Crippen molar-refractivity contribution in [3.8, 4) is 0 Å². The van der Waals surface area contributed by atoms with Gasteiger partial charge in [-0.25, -0.2) is 17.4 Å². The molecule has 0 aromatic carbocycles. The standard InChI is InChI=1S/C5H12N6O2S/c1-10(2)14(12,13)4-3-11-5(6)7-8-9-11/h3-4H2,1-2H3,(H2,6,7,9). The fraction of sp³-hybridized carbons (Fsp3) is 0.800. The number of aryl methyl sites for hydroxylation is 1. The summed E-state index contributed by atoms with van der Waals surface area (Å²) in [4.78, 5) is 0. The molecule has 0 radical (unpaired) electrons. The van der Waals surface area contributed by atoms with E-state index in [-0.39, 0.29) is 18.2 Å². The Morgan fingerprint density at radius 3 is 2.57 bits per heavy atom. The smallest absolute Gasteiger partial charge is 0.240 e. The number of hydrogen-bond acceptors (Lipinski definition) is 6. The summed E-state index contributed by atoms with van der Waals surface area (Å²) in [5.74, 6) is 0.0360. The number of nitrogens with zero attached hydrogens (tertiary/aromatic N) is 5. The van der Waals surface area contributed by atoms with Crippen molar-refractivity contribution < 1.29 is 8.42 Å². The number of nitrogen functional groups attached to an aromatic ring is 1. The van der Waals surface area contributed by atoms with Gasteiger partial charge in [-0.3, -0.25) is 0 Å². The Labute approximate surface area is 81.7 Å². The lowest BCUT2D eigenvalue weighted by Crippen LogP contribution is -2.27. The molecule has 14 heavy (non-hydrogen) atoms. The lowest BCUT2D eigenvalue weighted by Gasteiger charge is -2.10. The van der Waals surface area contributed by atoms with Crippen molar-refractivity contribution in [2.45, 2.75) is 6.54 Å². The number of hydrogen-bond donors (Lipinski definition) is 1. The summed E-state index contributed by atoms with van der Waals surface area (Å²) in [6.45, 7) is 0.152. The topological polar surface area (TPSA) is 107 Å². The van der Waals surface area contributed by atoms with E-state index in [2.05, 4.69) is 15.5 Å². The summed E-state index contributed by atoms with van der Waals surface area (Å²) < 4.78 is 25.1. The average molecular weight is 220 g/mol. The minimum atomic E-state index is -3.23. The highest BCUT2D eigenvalue weighted by molar-refractivity contribution is 7.89. The second kappa shape index (κ2) is 3.88. The van der Waals surface area contributed by atoms with Gasteiger partial charge in [0, 0.05) is 14.1 Å². The zero-order chi connectivity index (χ0) is 10.8. The molecular weight excluding hydrogens is 208 g/mol. The van der Waals surface area contributed by atoms with Crippen LogP contribution in [0.1, 0.15) is 0 Å². The van der Waals surface area contributed by atoms with Crippen LogP contribution < -0.4 is 5.73 Å². The van der Waals surface area contributed by atoms with E-state index in [4.69, 9.17) is 5.73 Å². The molecule has 0 atom stereocenters. The van der Waals surface area contributed by atoms with Crippen LogP contribution in [0, 0.1) is 0 Å².